The van der Waals surface area contributed by atoms with E-state index < -0.39 is 0 Å². The van der Waals surface area contributed by atoms with E-state index >= 15 is 0 Å². The Balaban J connectivity index is 0.00000243. The molecule has 0 bridgehead atoms. The topological polar surface area (TPSA) is 65.7 Å². The highest BCUT2D eigenvalue weighted by Crippen LogP contribution is 2.28. The molecule has 1 saturated carbocycles. The van der Waals surface area contributed by atoms with Crippen molar-refractivity contribution in [3.8, 4) is 0 Å². The average molecular weight is 475 g/mol. The number of likely N-dealkylation sites (tertiary alicyclic amines) is 1. The molecule has 0 unspecified atom stereocenters. The molecule has 2 heterocycles. The monoisotopic (exact) mass is 475 g/mol. The van der Waals surface area contributed by atoms with Crippen LogP contribution in [-0.2, 0) is 6.54 Å². The fourth-order valence-corrected chi connectivity index (χ4v) is 3.25. The summed E-state index contributed by atoms with van der Waals surface area (Å²) in [5.41, 5.74) is 1.01. The van der Waals surface area contributed by atoms with E-state index in [4.69, 9.17) is 9.41 Å². The van der Waals surface area contributed by atoms with Gasteiger partial charge in [0.1, 0.15) is 5.76 Å². The van der Waals surface area contributed by atoms with Crippen molar-refractivity contribution in [3.63, 3.8) is 0 Å². The predicted octanol–water partition coefficient (Wildman–Crippen LogP) is 3.09. The number of aromatic nitrogens is 1. The van der Waals surface area contributed by atoms with Crippen molar-refractivity contribution < 1.29 is 4.42 Å². The Morgan fingerprint density at radius 1 is 1.15 bits per heavy atom. The number of guanidine groups is 1. The molecule has 1 aromatic rings. The third-order valence-corrected chi connectivity index (χ3v) is 5.25. The molecule has 2 aliphatic rings. The second-order valence-electron chi connectivity index (χ2n) is 7.51. The van der Waals surface area contributed by atoms with Crippen LogP contribution < -0.4 is 10.6 Å². The zero-order valence-electron chi connectivity index (χ0n) is 16.4. The highest BCUT2D eigenvalue weighted by atomic mass is 127. The van der Waals surface area contributed by atoms with Gasteiger partial charge in [-0.25, -0.2) is 4.98 Å². The van der Waals surface area contributed by atoms with Crippen LogP contribution >= 0.6 is 24.0 Å². The summed E-state index contributed by atoms with van der Waals surface area (Å²) in [5.74, 6) is 4.33. The molecular weight excluding hydrogens is 441 g/mol. The Bertz CT molecular complexity index is 557. The first-order valence-corrected chi connectivity index (χ1v) is 9.81. The van der Waals surface area contributed by atoms with Gasteiger partial charge in [-0.2, -0.15) is 0 Å². The Morgan fingerprint density at radius 2 is 1.88 bits per heavy atom. The number of hydrogen-bond acceptors (Lipinski definition) is 4. The number of hydrogen-bond donors (Lipinski definition) is 2. The second kappa shape index (κ2) is 10.5. The molecule has 0 spiro atoms. The molecule has 1 aromatic heterocycles. The Kier molecular flexibility index (Phi) is 8.66. The van der Waals surface area contributed by atoms with Crippen LogP contribution in [0.3, 0.4) is 0 Å². The van der Waals surface area contributed by atoms with Crippen LogP contribution in [0, 0.1) is 25.7 Å². The third-order valence-electron chi connectivity index (χ3n) is 5.25. The van der Waals surface area contributed by atoms with E-state index in [0.29, 0.717) is 5.92 Å². The van der Waals surface area contributed by atoms with Gasteiger partial charge >= 0.3 is 0 Å². The van der Waals surface area contributed by atoms with Crippen molar-refractivity contribution in [3.05, 3.63) is 17.3 Å². The molecule has 1 aliphatic carbocycles. The van der Waals surface area contributed by atoms with Crippen LogP contribution in [0.5, 0.6) is 0 Å². The van der Waals surface area contributed by atoms with Gasteiger partial charge in [0.25, 0.3) is 0 Å². The van der Waals surface area contributed by atoms with Crippen LogP contribution in [-0.4, -0.2) is 48.6 Å². The van der Waals surface area contributed by atoms with Crippen molar-refractivity contribution in [2.24, 2.45) is 16.8 Å². The Labute approximate surface area is 174 Å². The van der Waals surface area contributed by atoms with Gasteiger partial charge in [0, 0.05) is 19.6 Å². The minimum Gasteiger partial charge on any atom is -0.444 e. The lowest BCUT2D eigenvalue weighted by Gasteiger charge is -2.31. The highest BCUT2D eigenvalue weighted by Gasteiger charge is 2.22. The number of aliphatic imine (C=N–C) groups is 1. The fourth-order valence-electron chi connectivity index (χ4n) is 3.25. The first-order chi connectivity index (χ1) is 12.1. The van der Waals surface area contributed by atoms with Crippen LogP contribution in [0.1, 0.15) is 50.0 Å². The summed E-state index contributed by atoms with van der Waals surface area (Å²) in [6, 6.07) is 0. The number of nitrogens with zero attached hydrogens (tertiary/aromatic N) is 3. The SMILES string of the molecule is CCNC(=NCC1CC1)NCC1CCN(Cc2nc(C)c(C)o2)CC1.I. The van der Waals surface area contributed by atoms with E-state index in [0.717, 1.165) is 68.5 Å². The van der Waals surface area contributed by atoms with Gasteiger partial charge in [-0.05, 0) is 71.4 Å². The maximum absolute atomic E-state index is 5.71. The number of aryl methyl sites for hydroxylation is 2. The van der Waals surface area contributed by atoms with Crippen LogP contribution in [0.2, 0.25) is 0 Å². The van der Waals surface area contributed by atoms with Gasteiger partial charge in [-0.15, -0.1) is 24.0 Å². The standard InChI is InChI=1S/C19H33N5O.HI/c1-4-20-19(21-11-16-5-6-16)22-12-17-7-9-24(10-8-17)13-18-23-14(2)15(3)25-18;/h16-17H,4-13H2,1-3H3,(H2,20,21,22);1H. The van der Waals surface area contributed by atoms with Crippen molar-refractivity contribution >= 4 is 29.9 Å². The van der Waals surface area contributed by atoms with Crippen molar-refractivity contribution in [2.45, 2.75) is 53.0 Å². The lowest BCUT2D eigenvalue weighted by molar-refractivity contribution is 0.164. The van der Waals surface area contributed by atoms with Crippen LogP contribution in [0.25, 0.3) is 0 Å². The normalized spacial score (nSPS) is 19.3. The summed E-state index contributed by atoms with van der Waals surface area (Å²) in [4.78, 5) is 11.7. The maximum atomic E-state index is 5.71. The quantitative estimate of drug-likeness (QED) is 0.361. The number of rotatable bonds is 7. The van der Waals surface area contributed by atoms with Crippen LogP contribution in [0.15, 0.2) is 9.41 Å². The summed E-state index contributed by atoms with van der Waals surface area (Å²) >= 11 is 0. The summed E-state index contributed by atoms with van der Waals surface area (Å²) in [5, 5.41) is 6.90. The molecule has 0 radical (unpaired) electrons. The average Bonchev–Trinajstić information content (AvgIpc) is 3.37. The molecule has 3 rings (SSSR count). The van der Waals surface area contributed by atoms with E-state index in [1.807, 2.05) is 13.8 Å². The number of halogens is 1. The molecule has 6 nitrogen and oxygen atoms in total. The van der Waals surface area contributed by atoms with E-state index in [1.54, 1.807) is 0 Å². The van der Waals surface area contributed by atoms with Crippen molar-refractivity contribution in [1.29, 1.82) is 0 Å². The summed E-state index contributed by atoms with van der Waals surface area (Å²) in [6.07, 6.45) is 5.14. The number of piperidine rings is 1. The van der Waals surface area contributed by atoms with Crippen molar-refractivity contribution in [2.75, 3.05) is 32.7 Å². The highest BCUT2D eigenvalue weighted by molar-refractivity contribution is 14.0. The lowest BCUT2D eigenvalue weighted by atomic mass is 9.97. The van der Waals surface area contributed by atoms with Crippen molar-refractivity contribution in [1.82, 2.24) is 20.5 Å². The molecule has 7 heteroatoms. The molecule has 2 fully saturated rings. The lowest BCUT2D eigenvalue weighted by Crippen LogP contribution is -2.42. The zero-order chi connectivity index (χ0) is 17.6. The van der Waals surface area contributed by atoms with Crippen LogP contribution in [0.4, 0.5) is 0 Å². The van der Waals surface area contributed by atoms with Gasteiger partial charge in [0.2, 0.25) is 5.89 Å². The Hall–Kier alpha value is -0.830. The molecule has 1 saturated heterocycles. The van der Waals surface area contributed by atoms with E-state index in [9.17, 15) is 0 Å². The maximum Gasteiger partial charge on any atom is 0.208 e. The predicted molar refractivity (Wildman–Crippen MR) is 116 cm³/mol. The van der Waals surface area contributed by atoms with E-state index in [2.05, 4.69) is 27.4 Å². The van der Waals surface area contributed by atoms with E-state index in [-0.39, 0.29) is 24.0 Å². The Morgan fingerprint density at radius 3 is 2.46 bits per heavy atom. The van der Waals surface area contributed by atoms with Gasteiger partial charge < -0.3 is 15.1 Å². The molecule has 2 N–H and O–H groups in total. The minimum absolute atomic E-state index is 0. The molecule has 0 atom stereocenters. The van der Waals surface area contributed by atoms with Gasteiger partial charge in [0.15, 0.2) is 5.96 Å². The molecule has 26 heavy (non-hydrogen) atoms. The molecule has 0 aromatic carbocycles. The molecule has 0 amide bonds. The number of nitrogens with one attached hydrogen (secondary N) is 2. The van der Waals surface area contributed by atoms with E-state index in [1.165, 1.54) is 25.7 Å². The summed E-state index contributed by atoms with van der Waals surface area (Å²) in [7, 11) is 0. The minimum atomic E-state index is 0. The molecular formula is C19H34IN5O. The first-order valence-electron chi connectivity index (χ1n) is 9.81. The zero-order valence-corrected chi connectivity index (χ0v) is 18.7. The van der Waals surface area contributed by atoms with Gasteiger partial charge in [-0.3, -0.25) is 9.89 Å². The fraction of sp³-hybridized carbons (Fsp3) is 0.789. The second-order valence-corrected chi connectivity index (χ2v) is 7.51. The summed E-state index contributed by atoms with van der Waals surface area (Å²) in [6.45, 7) is 12.1. The van der Waals surface area contributed by atoms with Gasteiger partial charge in [-0.1, -0.05) is 0 Å². The van der Waals surface area contributed by atoms with Gasteiger partial charge in [0.05, 0.1) is 12.2 Å². The largest absolute Gasteiger partial charge is 0.444 e. The smallest absolute Gasteiger partial charge is 0.208 e. The summed E-state index contributed by atoms with van der Waals surface area (Å²) < 4.78 is 5.71. The first kappa shape index (κ1) is 21.5. The molecule has 1 aliphatic heterocycles. The third kappa shape index (κ3) is 6.72. The molecule has 148 valence electrons. The number of oxazole rings is 1.